The van der Waals surface area contributed by atoms with Crippen LogP contribution in [-0.2, 0) is 9.59 Å². The number of rotatable bonds is 3. The minimum atomic E-state index is -1.08. The summed E-state index contributed by atoms with van der Waals surface area (Å²) in [4.78, 5) is 29.0. The van der Waals surface area contributed by atoms with Gasteiger partial charge in [-0.15, -0.1) is 0 Å². The fourth-order valence-electron chi connectivity index (χ4n) is 6.20. The molecule has 28 heavy (non-hydrogen) atoms. The highest BCUT2D eigenvalue weighted by Crippen LogP contribution is 2.44. The van der Waals surface area contributed by atoms with Gasteiger partial charge in [0.15, 0.2) is 0 Å². The lowest BCUT2D eigenvalue weighted by Gasteiger charge is -2.42. The molecule has 4 fully saturated rings. The summed E-state index contributed by atoms with van der Waals surface area (Å²) in [5.41, 5.74) is -1.08. The molecule has 0 aromatic rings. The monoisotopic (exact) mass is 390 g/mol. The van der Waals surface area contributed by atoms with Crippen molar-refractivity contribution >= 4 is 11.8 Å². The van der Waals surface area contributed by atoms with E-state index < -0.39 is 5.60 Å². The summed E-state index contributed by atoms with van der Waals surface area (Å²) in [6, 6.07) is 0. The van der Waals surface area contributed by atoms with Crippen molar-refractivity contribution in [1.29, 1.82) is 0 Å². The third-order valence-electron chi connectivity index (χ3n) is 8.22. The standard InChI is InChI=1S/C23H38N2O3/c1-16-3-8-20(17(2)15-16)18-4-6-19(7-5-18)21(26)24-11-13-25(14-12-24)22(27)23(28)9-10-23/h16-20,28H,3-15H2,1-2H3. The summed E-state index contributed by atoms with van der Waals surface area (Å²) >= 11 is 0. The molecule has 5 nitrogen and oxygen atoms in total. The average molecular weight is 391 g/mol. The fourth-order valence-corrected chi connectivity index (χ4v) is 6.20. The Labute approximate surface area is 169 Å². The highest BCUT2D eigenvalue weighted by molar-refractivity contribution is 5.88. The van der Waals surface area contributed by atoms with Crippen molar-refractivity contribution in [3.8, 4) is 0 Å². The molecular formula is C23H38N2O3. The molecule has 3 saturated carbocycles. The summed E-state index contributed by atoms with van der Waals surface area (Å²) in [5, 5.41) is 10.0. The molecule has 0 aromatic carbocycles. The van der Waals surface area contributed by atoms with E-state index in [-0.39, 0.29) is 11.8 Å². The van der Waals surface area contributed by atoms with Crippen LogP contribution in [0.3, 0.4) is 0 Å². The lowest BCUT2D eigenvalue weighted by atomic mass is 9.65. The molecule has 0 bridgehead atoms. The van der Waals surface area contributed by atoms with Gasteiger partial charge in [0, 0.05) is 32.1 Å². The van der Waals surface area contributed by atoms with Crippen molar-refractivity contribution in [2.75, 3.05) is 26.2 Å². The number of carbonyl (C=O) groups is 2. The average Bonchev–Trinajstić information content (AvgIpc) is 3.46. The molecule has 1 aliphatic heterocycles. The molecule has 4 aliphatic rings. The van der Waals surface area contributed by atoms with Crippen LogP contribution in [0, 0.1) is 29.6 Å². The topological polar surface area (TPSA) is 60.9 Å². The Morgan fingerprint density at radius 2 is 1.46 bits per heavy atom. The second-order valence-electron chi connectivity index (χ2n) is 10.3. The molecule has 3 atom stereocenters. The first-order valence-electron chi connectivity index (χ1n) is 11.7. The molecule has 3 aliphatic carbocycles. The van der Waals surface area contributed by atoms with E-state index in [1.165, 1.54) is 32.1 Å². The Morgan fingerprint density at radius 1 is 0.857 bits per heavy atom. The van der Waals surface area contributed by atoms with E-state index >= 15 is 0 Å². The molecule has 1 heterocycles. The van der Waals surface area contributed by atoms with Gasteiger partial charge in [-0.1, -0.05) is 20.3 Å². The number of hydrogen-bond donors (Lipinski definition) is 1. The van der Waals surface area contributed by atoms with Gasteiger partial charge in [0.1, 0.15) is 5.60 Å². The zero-order valence-electron chi connectivity index (χ0n) is 17.7. The number of nitrogens with zero attached hydrogens (tertiary/aromatic N) is 2. The van der Waals surface area contributed by atoms with Crippen molar-refractivity contribution in [3.05, 3.63) is 0 Å². The van der Waals surface area contributed by atoms with Crippen molar-refractivity contribution in [3.63, 3.8) is 0 Å². The maximum absolute atomic E-state index is 13.0. The fraction of sp³-hybridized carbons (Fsp3) is 0.913. The van der Waals surface area contributed by atoms with E-state index in [4.69, 9.17) is 0 Å². The van der Waals surface area contributed by atoms with Crippen molar-refractivity contribution in [1.82, 2.24) is 9.80 Å². The Hall–Kier alpha value is -1.10. The molecule has 3 unspecified atom stereocenters. The SMILES string of the molecule is CC1CCC(C2CCC(C(=O)N3CCN(C(=O)C4(O)CC4)CC3)CC2)C(C)C1. The summed E-state index contributed by atoms with van der Waals surface area (Å²) in [5.74, 6) is 3.78. The molecule has 5 heteroatoms. The maximum Gasteiger partial charge on any atom is 0.254 e. The zero-order chi connectivity index (χ0) is 19.9. The highest BCUT2D eigenvalue weighted by atomic mass is 16.3. The molecule has 4 rings (SSSR count). The first-order valence-corrected chi connectivity index (χ1v) is 11.7. The van der Waals surface area contributed by atoms with Gasteiger partial charge in [-0.25, -0.2) is 0 Å². The van der Waals surface area contributed by atoms with Gasteiger partial charge in [0.25, 0.3) is 5.91 Å². The molecular weight excluding hydrogens is 352 g/mol. The van der Waals surface area contributed by atoms with Crippen LogP contribution >= 0.6 is 0 Å². The van der Waals surface area contributed by atoms with E-state index in [0.717, 1.165) is 36.5 Å². The largest absolute Gasteiger partial charge is 0.380 e. The second kappa shape index (κ2) is 7.97. The van der Waals surface area contributed by atoms with Crippen molar-refractivity contribution in [2.45, 2.75) is 77.2 Å². The molecule has 1 saturated heterocycles. The zero-order valence-corrected chi connectivity index (χ0v) is 17.7. The summed E-state index contributed by atoms with van der Waals surface area (Å²) in [6.07, 6.45) is 9.83. The van der Waals surface area contributed by atoms with Gasteiger partial charge < -0.3 is 14.9 Å². The minimum Gasteiger partial charge on any atom is -0.380 e. The van der Waals surface area contributed by atoms with Crippen molar-refractivity contribution in [2.24, 2.45) is 29.6 Å². The highest BCUT2D eigenvalue weighted by Gasteiger charge is 2.50. The Kier molecular flexibility index (Phi) is 5.74. The van der Waals surface area contributed by atoms with Gasteiger partial charge in [0.2, 0.25) is 5.91 Å². The lowest BCUT2D eigenvalue weighted by molar-refractivity contribution is -0.148. The summed E-state index contributed by atoms with van der Waals surface area (Å²) in [7, 11) is 0. The van der Waals surface area contributed by atoms with Crippen LogP contribution in [0.1, 0.15) is 71.6 Å². The molecule has 0 radical (unpaired) electrons. The normalized spacial score (nSPS) is 38.2. The van der Waals surface area contributed by atoms with E-state index in [1.807, 2.05) is 4.90 Å². The minimum absolute atomic E-state index is 0.129. The molecule has 0 aromatic heterocycles. The number of hydrogen-bond acceptors (Lipinski definition) is 3. The maximum atomic E-state index is 13.0. The number of carbonyl (C=O) groups excluding carboxylic acids is 2. The van der Waals surface area contributed by atoms with E-state index in [9.17, 15) is 14.7 Å². The van der Waals surface area contributed by atoms with Gasteiger partial charge in [0.05, 0.1) is 0 Å². The predicted octanol–water partition coefficient (Wildman–Crippen LogP) is 3.06. The summed E-state index contributed by atoms with van der Waals surface area (Å²) in [6.45, 7) is 7.22. The van der Waals surface area contributed by atoms with Crippen LogP contribution < -0.4 is 0 Å². The Balaban J connectivity index is 1.23. The first-order chi connectivity index (χ1) is 13.4. The lowest BCUT2D eigenvalue weighted by Crippen LogP contribution is -2.54. The van der Waals surface area contributed by atoms with E-state index in [0.29, 0.717) is 44.9 Å². The number of amides is 2. The van der Waals surface area contributed by atoms with Gasteiger partial charge in [-0.3, -0.25) is 9.59 Å². The van der Waals surface area contributed by atoms with Crippen LogP contribution in [0.25, 0.3) is 0 Å². The van der Waals surface area contributed by atoms with Crippen LogP contribution in [0.2, 0.25) is 0 Å². The van der Waals surface area contributed by atoms with Crippen molar-refractivity contribution < 1.29 is 14.7 Å². The van der Waals surface area contributed by atoms with Crippen LogP contribution in [0.15, 0.2) is 0 Å². The quantitative estimate of drug-likeness (QED) is 0.806. The van der Waals surface area contributed by atoms with Crippen LogP contribution in [0.4, 0.5) is 0 Å². The third-order valence-corrected chi connectivity index (χ3v) is 8.22. The molecule has 0 spiro atoms. The van der Waals surface area contributed by atoms with Crippen LogP contribution in [0.5, 0.6) is 0 Å². The predicted molar refractivity (Wildman–Crippen MR) is 108 cm³/mol. The third kappa shape index (κ3) is 4.10. The number of piperazine rings is 1. The second-order valence-corrected chi connectivity index (χ2v) is 10.3. The van der Waals surface area contributed by atoms with Gasteiger partial charge in [-0.2, -0.15) is 0 Å². The molecule has 1 N–H and O–H groups in total. The molecule has 158 valence electrons. The molecule has 2 amide bonds. The summed E-state index contributed by atoms with van der Waals surface area (Å²) < 4.78 is 0. The Bertz CT molecular complexity index is 587. The number of aliphatic hydroxyl groups is 1. The first kappa shape index (κ1) is 20.2. The van der Waals surface area contributed by atoms with Crippen LogP contribution in [-0.4, -0.2) is 58.5 Å². The van der Waals surface area contributed by atoms with Gasteiger partial charge >= 0.3 is 0 Å². The van der Waals surface area contributed by atoms with Gasteiger partial charge in [-0.05, 0) is 75.0 Å². The Morgan fingerprint density at radius 3 is 2.04 bits per heavy atom. The smallest absolute Gasteiger partial charge is 0.254 e. The van der Waals surface area contributed by atoms with E-state index in [1.54, 1.807) is 4.90 Å². The van der Waals surface area contributed by atoms with E-state index in [2.05, 4.69) is 13.8 Å².